The highest BCUT2D eigenvalue weighted by Crippen LogP contribution is 2.35. The maximum atomic E-state index is 11.7. The minimum Gasteiger partial charge on any atom is -0.385 e. The Bertz CT molecular complexity index is 638. The third kappa shape index (κ3) is 3.09. The van der Waals surface area contributed by atoms with E-state index in [0.717, 1.165) is 23.4 Å². The first kappa shape index (κ1) is 15.5. The molecule has 0 saturated heterocycles. The third-order valence-electron chi connectivity index (χ3n) is 3.38. The van der Waals surface area contributed by atoms with Crippen LogP contribution in [0.15, 0.2) is 24.5 Å². The number of hydrogen-bond donors (Lipinski definition) is 1. The molecule has 0 spiro atoms. The first-order valence-electron chi connectivity index (χ1n) is 6.65. The van der Waals surface area contributed by atoms with Gasteiger partial charge in [-0.25, -0.2) is 0 Å². The van der Waals surface area contributed by atoms with Crippen molar-refractivity contribution in [1.29, 1.82) is 0 Å². The fourth-order valence-electron chi connectivity index (χ4n) is 2.42. The summed E-state index contributed by atoms with van der Waals surface area (Å²) in [5.74, 6) is -0.520. The highest BCUT2D eigenvalue weighted by Gasteiger charge is 2.23. The smallest absolute Gasteiger partial charge is 0.252 e. The number of halogens is 1. The van der Waals surface area contributed by atoms with Gasteiger partial charge in [-0.1, -0.05) is 11.6 Å². The van der Waals surface area contributed by atoms with E-state index < -0.39 is 5.91 Å². The van der Waals surface area contributed by atoms with E-state index >= 15 is 0 Å². The van der Waals surface area contributed by atoms with Crippen LogP contribution in [0.3, 0.4) is 0 Å². The lowest BCUT2D eigenvalue weighted by atomic mass is 10.2. The Balaban J connectivity index is 2.55. The minimum absolute atomic E-state index is 0.368. The Morgan fingerprint density at radius 1 is 1.52 bits per heavy atom. The molecule has 0 aliphatic carbocycles. The maximum absolute atomic E-state index is 11.7. The van der Waals surface area contributed by atoms with Crippen molar-refractivity contribution >= 4 is 17.5 Å². The van der Waals surface area contributed by atoms with Crippen molar-refractivity contribution in [2.75, 3.05) is 13.7 Å². The van der Waals surface area contributed by atoms with E-state index in [0.29, 0.717) is 23.7 Å². The van der Waals surface area contributed by atoms with Crippen LogP contribution in [-0.4, -0.2) is 29.2 Å². The molecular formula is C15H18ClN3O2. The number of amides is 1. The summed E-state index contributed by atoms with van der Waals surface area (Å²) in [5, 5.41) is 0.380. The molecule has 0 atom stereocenters. The van der Waals surface area contributed by atoms with Crippen molar-refractivity contribution in [2.45, 2.75) is 19.9 Å². The van der Waals surface area contributed by atoms with Crippen LogP contribution in [0.1, 0.15) is 22.5 Å². The predicted molar refractivity (Wildman–Crippen MR) is 82.4 cm³/mol. The molecule has 0 fully saturated rings. The molecule has 5 nitrogen and oxygen atoms in total. The van der Waals surface area contributed by atoms with Crippen LogP contribution in [0.2, 0.25) is 5.02 Å². The lowest BCUT2D eigenvalue weighted by molar-refractivity contribution is 0.0999. The number of carbonyl (C=O) groups is 1. The van der Waals surface area contributed by atoms with Crippen molar-refractivity contribution in [2.24, 2.45) is 5.73 Å². The fraction of sp³-hybridized carbons (Fsp3) is 0.333. The van der Waals surface area contributed by atoms with Gasteiger partial charge in [0.05, 0.1) is 16.3 Å². The molecule has 2 rings (SSSR count). The number of nitrogens with zero attached hydrogens (tertiary/aromatic N) is 2. The second kappa shape index (κ2) is 6.74. The summed E-state index contributed by atoms with van der Waals surface area (Å²) in [6, 6.07) is 3.74. The molecule has 2 aromatic heterocycles. The van der Waals surface area contributed by atoms with Crippen molar-refractivity contribution in [3.8, 4) is 11.3 Å². The van der Waals surface area contributed by atoms with Gasteiger partial charge in [0.1, 0.15) is 0 Å². The lowest BCUT2D eigenvalue weighted by Gasteiger charge is -2.11. The van der Waals surface area contributed by atoms with Gasteiger partial charge in [0.2, 0.25) is 0 Å². The molecule has 2 N–H and O–H groups in total. The molecule has 0 aromatic carbocycles. The highest BCUT2D eigenvalue weighted by atomic mass is 35.5. The average molecular weight is 308 g/mol. The van der Waals surface area contributed by atoms with Gasteiger partial charge in [-0.15, -0.1) is 0 Å². The standard InChI is InChI=1S/C15H18ClN3O2/c1-10-12(15(17)20)13(16)14(11-5-3-6-18-9-11)19(10)7-4-8-21-2/h3,5-6,9H,4,7-8H2,1-2H3,(H2,17,20). The maximum Gasteiger partial charge on any atom is 0.252 e. The zero-order valence-corrected chi connectivity index (χ0v) is 12.9. The molecule has 0 saturated carbocycles. The van der Waals surface area contributed by atoms with Crippen molar-refractivity contribution in [3.63, 3.8) is 0 Å². The van der Waals surface area contributed by atoms with Crippen LogP contribution >= 0.6 is 11.6 Å². The molecule has 0 aliphatic heterocycles. The topological polar surface area (TPSA) is 70.1 Å². The first-order chi connectivity index (χ1) is 10.1. The molecular weight excluding hydrogens is 290 g/mol. The molecule has 6 heteroatoms. The summed E-state index contributed by atoms with van der Waals surface area (Å²) in [7, 11) is 1.66. The Morgan fingerprint density at radius 3 is 2.86 bits per heavy atom. The van der Waals surface area contributed by atoms with Crippen LogP contribution in [0, 0.1) is 6.92 Å². The molecule has 0 aliphatic rings. The zero-order chi connectivity index (χ0) is 15.4. The zero-order valence-electron chi connectivity index (χ0n) is 12.1. The van der Waals surface area contributed by atoms with Gasteiger partial charge in [-0.2, -0.15) is 0 Å². The van der Waals surface area contributed by atoms with E-state index in [2.05, 4.69) is 4.98 Å². The SMILES string of the molecule is COCCCn1c(C)c(C(N)=O)c(Cl)c1-c1cccnc1. The average Bonchev–Trinajstić information content (AvgIpc) is 2.71. The number of nitrogens with two attached hydrogens (primary N) is 1. The summed E-state index contributed by atoms with van der Waals surface area (Å²) < 4.78 is 7.08. The summed E-state index contributed by atoms with van der Waals surface area (Å²) in [4.78, 5) is 15.8. The van der Waals surface area contributed by atoms with E-state index in [4.69, 9.17) is 22.1 Å². The van der Waals surface area contributed by atoms with Gasteiger partial charge < -0.3 is 15.0 Å². The van der Waals surface area contributed by atoms with Crippen LogP contribution in [0.5, 0.6) is 0 Å². The largest absolute Gasteiger partial charge is 0.385 e. The summed E-state index contributed by atoms with van der Waals surface area (Å²) >= 11 is 6.40. The van der Waals surface area contributed by atoms with Gasteiger partial charge in [-0.3, -0.25) is 9.78 Å². The molecule has 2 aromatic rings. The Hall–Kier alpha value is -1.85. The third-order valence-corrected chi connectivity index (χ3v) is 3.74. The van der Waals surface area contributed by atoms with Crippen molar-refractivity contribution in [1.82, 2.24) is 9.55 Å². The summed E-state index contributed by atoms with van der Waals surface area (Å²) in [5.41, 5.74) is 8.22. The van der Waals surface area contributed by atoms with E-state index in [1.54, 1.807) is 19.5 Å². The van der Waals surface area contributed by atoms with Gasteiger partial charge >= 0.3 is 0 Å². The Labute approximate surface area is 128 Å². The first-order valence-corrected chi connectivity index (χ1v) is 7.03. The molecule has 0 radical (unpaired) electrons. The van der Waals surface area contributed by atoms with Crippen LogP contribution in [0.4, 0.5) is 0 Å². The Morgan fingerprint density at radius 2 is 2.29 bits per heavy atom. The van der Waals surface area contributed by atoms with Gasteiger partial charge in [0.15, 0.2) is 0 Å². The summed E-state index contributed by atoms with van der Waals surface area (Å²) in [6.45, 7) is 3.17. The van der Waals surface area contributed by atoms with E-state index in [1.807, 2.05) is 23.6 Å². The van der Waals surface area contributed by atoms with Crippen molar-refractivity contribution in [3.05, 3.63) is 40.8 Å². The van der Waals surface area contributed by atoms with Crippen LogP contribution < -0.4 is 5.73 Å². The molecule has 112 valence electrons. The second-order valence-electron chi connectivity index (χ2n) is 4.73. The molecule has 0 unspecified atom stereocenters. The number of rotatable bonds is 6. The molecule has 1 amide bonds. The normalized spacial score (nSPS) is 10.8. The number of pyridine rings is 1. The minimum atomic E-state index is -0.520. The van der Waals surface area contributed by atoms with E-state index in [-0.39, 0.29) is 0 Å². The molecule has 2 heterocycles. The fourth-order valence-corrected chi connectivity index (χ4v) is 2.86. The number of ether oxygens (including phenoxy) is 1. The number of aromatic nitrogens is 2. The van der Waals surface area contributed by atoms with Crippen molar-refractivity contribution < 1.29 is 9.53 Å². The summed E-state index contributed by atoms with van der Waals surface area (Å²) in [6.07, 6.45) is 4.23. The number of primary amides is 1. The monoisotopic (exact) mass is 307 g/mol. The van der Waals surface area contributed by atoms with Gasteiger partial charge in [-0.05, 0) is 25.5 Å². The number of carbonyl (C=O) groups excluding carboxylic acids is 1. The Kier molecular flexibility index (Phi) is 4.98. The van der Waals surface area contributed by atoms with E-state index in [9.17, 15) is 4.79 Å². The van der Waals surface area contributed by atoms with E-state index in [1.165, 1.54) is 0 Å². The molecule has 0 bridgehead atoms. The van der Waals surface area contributed by atoms with Crippen LogP contribution in [0.25, 0.3) is 11.3 Å². The second-order valence-corrected chi connectivity index (χ2v) is 5.10. The van der Waals surface area contributed by atoms with Crippen LogP contribution in [-0.2, 0) is 11.3 Å². The predicted octanol–water partition coefficient (Wildman–Crippen LogP) is 2.65. The quantitative estimate of drug-likeness (QED) is 0.834. The number of hydrogen-bond acceptors (Lipinski definition) is 3. The van der Waals surface area contributed by atoms with Gasteiger partial charge in [0, 0.05) is 43.9 Å². The lowest BCUT2D eigenvalue weighted by Crippen LogP contribution is -2.13. The number of methoxy groups -OCH3 is 1. The molecule has 21 heavy (non-hydrogen) atoms. The highest BCUT2D eigenvalue weighted by molar-refractivity contribution is 6.36. The van der Waals surface area contributed by atoms with Gasteiger partial charge in [0.25, 0.3) is 5.91 Å².